The molecule has 0 aromatic heterocycles. The third-order valence-corrected chi connectivity index (χ3v) is 2.85. The Labute approximate surface area is 121 Å². The number of hydrogen-bond donors (Lipinski definition) is 1. The maximum atomic E-state index is 13.3. The van der Waals surface area contributed by atoms with E-state index in [2.05, 4.69) is 5.32 Å². The fraction of sp³-hybridized carbons (Fsp3) is 0.125. The molecule has 5 heteroatoms. The second-order valence-electron chi connectivity index (χ2n) is 4.42. The molecule has 0 bridgehead atoms. The molecule has 1 N–H and O–H groups in total. The molecular weight excluding hydrogens is 273 g/mol. The van der Waals surface area contributed by atoms with E-state index in [1.807, 2.05) is 0 Å². The van der Waals surface area contributed by atoms with Crippen LogP contribution in [-0.4, -0.2) is 18.5 Å². The first-order valence-corrected chi connectivity index (χ1v) is 6.35. The second-order valence-corrected chi connectivity index (χ2v) is 4.42. The molecule has 0 atom stereocenters. The highest BCUT2D eigenvalue weighted by molar-refractivity contribution is 5.96. The summed E-state index contributed by atoms with van der Waals surface area (Å²) in [5, 5.41) is 2.34. The molecule has 0 radical (unpaired) electrons. The van der Waals surface area contributed by atoms with Crippen LogP contribution in [0.25, 0.3) is 0 Å². The van der Waals surface area contributed by atoms with Crippen LogP contribution in [0.4, 0.5) is 10.1 Å². The van der Waals surface area contributed by atoms with Crippen LogP contribution in [0.5, 0.6) is 0 Å². The van der Waals surface area contributed by atoms with Crippen molar-refractivity contribution in [3.05, 3.63) is 65.5 Å². The van der Waals surface area contributed by atoms with E-state index in [0.717, 1.165) is 5.56 Å². The summed E-state index contributed by atoms with van der Waals surface area (Å²) < 4.78 is 18.3. The average molecular weight is 287 g/mol. The van der Waals surface area contributed by atoms with Gasteiger partial charge in [-0.15, -0.1) is 0 Å². The van der Waals surface area contributed by atoms with Crippen LogP contribution >= 0.6 is 0 Å². The number of aryl methyl sites for hydroxylation is 1. The van der Waals surface area contributed by atoms with Crippen molar-refractivity contribution in [1.82, 2.24) is 0 Å². The molecule has 2 aromatic carbocycles. The molecule has 0 heterocycles. The fourth-order valence-corrected chi connectivity index (χ4v) is 1.76. The topological polar surface area (TPSA) is 55.4 Å². The Morgan fingerprint density at radius 1 is 1.10 bits per heavy atom. The maximum Gasteiger partial charge on any atom is 0.338 e. The van der Waals surface area contributed by atoms with Crippen molar-refractivity contribution in [2.75, 3.05) is 11.9 Å². The molecule has 2 rings (SSSR count). The first-order chi connectivity index (χ1) is 10.1. The van der Waals surface area contributed by atoms with Gasteiger partial charge in [0.15, 0.2) is 6.61 Å². The minimum atomic E-state index is -0.595. The van der Waals surface area contributed by atoms with Crippen molar-refractivity contribution in [3.8, 4) is 0 Å². The van der Waals surface area contributed by atoms with Crippen molar-refractivity contribution < 1.29 is 18.7 Å². The number of carbonyl (C=O) groups excluding carboxylic acids is 2. The lowest BCUT2D eigenvalue weighted by Gasteiger charge is -2.08. The van der Waals surface area contributed by atoms with Gasteiger partial charge in [-0.2, -0.15) is 0 Å². The highest BCUT2D eigenvalue weighted by Crippen LogP contribution is 2.12. The van der Waals surface area contributed by atoms with Crippen molar-refractivity contribution in [1.29, 1.82) is 0 Å². The van der Waals surface area contributed by atoms with Crippen molar-refractivity contribution in [3.63, 3.8) is 0 Å². The quantitative estimate of drug-likeness (QED) is 0.880. The average Bonchev–Trinajstić information content (AvgIpc) is 2.48. The van der Waals surface area contributed by atoms with E-state index in [4.69, 9.17) is 4.74 Å². The van der Waals surface area contributed by atoms with Crippen LogP contribution in [0.2, 0.25) is 0 Å². The normalized spacial score (nSPS) is 10.0. The predicted molar refractivity (Wildman–Crippen MR) is 76.5 cm³/mol. The van der Waals surface area contributed by atoms with Crippen LogP contribution in [0.3, 0.4) is 0 Å². The molecule has 108 valence electrons. The molecule has 21 heavy (non-hydrogen) atoms. The van der Waals surface area contributed by atoms with Crippen molar-refractivity contribution in [2.24, 2.45) is 0 Å². The fourth-order valence-electron chi connectivity index (χ4n) is 1.76. The zero-order chi connectivity index (χ0) is 15.2. The van der Waals surface area contributed by atoms with Gasteiger partial charge < -0.3 is 10.1 Å². The van der Waals surface area contributed by atoms with Crippen molar-refractivity contribution in [2.45, 2.75) is 6.92 Å². The van der Waals surface area contributed by atoms with E-state index in [9.17, 15) is 14.0 Å². The zero-order valence-corrected chi connectivity index (χ0v) is 11.4. The Bertz CT molecular complexity index is 670. The number of anilines is 1. The summed E-state index contributed by atoms with van der Waals surface area (Å²) in [5.74, 6) is -1.73. The van der Waals surface area contributed by atoms with Gasteiger partial charge in [0, 0.05) is 0 Å². The first-order valence-electron chi connectivity index (χ1n) is 6.35. The van der Waals surface area contributed by atoms with E-state index >= 15 is 0 Å². The minimum Gasteiger partial charge on any atom is -0.452 e. The molecule has 1 amide bonds. The number of amides is 1. The second kappa shape index (κ2) is 6.65. The van der Waals surface area contributed by atoms with Gasteiger partial charge in [0.25, 0.3) is 5.91 Å². The zero-order valence-electron chi connectivity index (χ0n) is 11.4. The SMILES string of the molecule is Cc1ccccc1C(=O)OCC(=O)Nc1ccccc1F. The van der Waals surface area contributed by atoms with Gasteiger partial charge in [-0.25, -0.2) is 9.18 Å². The molecule has 0 spiro atoms. The third-order valence-electron chi connectivity index (χ3n) is 2.85. The number of hydrogen-bond acceptors (Lipinski definition) is 3. The number of esters is 1. The molecule has 0 aliphatic carbocycles. The minimum absolute atomic E-state index is 0.0504. The molecule has 0 saturated heterocycles. The van der Waals surface area contributed by atoms with Gasteiger partial charge in [-0.1, -0.05) is 30.3 Å². The number of ether oxygens (including phenoxy) is 1. The standard InChI is InChI=1S/C16H14FNO3/c1-11-6-2-3-7-12(11)16(20)21-10-15(19)18-14-9-5-4-8-13(14)17/h2-9H,10H2,1H3,(H,18,19). The first kappa shape index (κ1) is 14.7. The van der Waals surface area contributed by atoms with Crippen LogP contribution in [0, 0.1) is 12.7 Å². The lowest BCUT2D eigenvalue weighted by atomic mass is 10.1. The largest absolute Gasteiger partial charge is 0.452 e. The molecule has 2 aromatic rings. The highest BCUT2D eigenvalue weighted by Gasteiger charge is 2.13. The summed E-state index contributed by atoms with van der Waals surface area (Å²) >= 11 is 0. The molecule has 0 unspecified atom stereocenters. The van der Waals surface area contributed by atoms with Gasteiger partial charge >= 0.3 is 5.97 Å². The Kier molecular flexibility index (Phi) is 4.66. The van der Waals surface area contributed by atoms with Crippen LogP contribution in [-0.2, 0) is 9.53 Å². The highest BCUT2D eigenvalue weighted by atomic mass is 19.1. The van der Waals surface area contributed by atoms with E-state index < -0.39 is 24.3 Å². The van der Waals surface area contributed by atoms with Gasteiger partial charge in [0.05, 0.1) is 11.3 Å². The summed E-state index contributed by atoms with van der Waals surface area (Å²) in [6.07, 6.45) is 0. The van der Waals surface area contributed by atoms with Crippen LogP contribution in [0.1, 0.15) is 15.9 Å². The Hall–Kier alpha value is -2.69. The summed E-state index contributed by atoms with van der Waals surface area (Å²) in [5.41, 5.74) is 1.21. The van der Waals surface area contributed by atoms with Crippen molar-refractivity contribution >= 4 is 17.6 Å². The van der Waals surface area contributed by atoms with E-state index in [-0.39, 0.29) is 5.69 Å². The molecule has 0 saturated carbocycles. The van der Waals surface area contributed by atoms with E-state index in [1.165, 1.54) is 18.2 Å². The van der Waals surface area contributed by atoms with Gasteiger partial charge in [-0.3, -0.25) is 4.79 Å². The lowest BCUT2D eigenvalue weighted by molar-refractivity contribution is -0.119. The predicted octanol–water partition coefficient (Wildman–Crippen LogP) is 2.93. The number of halogens is 1. The number of rotatable bonds is 4. The Morgan fingerprint density at radius 2 is 1.76 bits per heavy atom. The number of para-hydroxylation sites is 1. The maximum absolute atomic E-state index is 13.3. The molecule has 4 nitrogen and oxygen atoms in total. The molecule has 0 aliphatic heterocycles. The van der Waals surface area contributed by atoms with Gasteiger partial charge in [-0.05, 0) is 30.7 Å². The van der Waals surface area contributed by atoms with Crippen LogP contribution in [0.15, 0.2) is 48.5 Å². The van der Waals surface area contributed by atoms with Gasteiger partial charge in [0.2, 0.25) is 0 Å². The molecule has 0 fully saturated rings. The smallest absolute Gasteiger partial charge is 0.338 e. The number of carbonyl (C=O) groups is 2. The lowest BCUT2D eigenvalue weighted by Crippen LogP contribution is -2.21. The third kappa shape index (κ3) is 3.89. The summed E-state index contributed by atoms with van der Waals surface area (Å²) in [6, 6.07) is 12.7. The monoisotopic (exact) mass is 287 g/mol. The number of nitrogens with one attached hydrogen (secondary N) is 1. The van der Waals surface area contributed by atoms with E-state index in [1.54, 1.807) is 37.3 Å². The Morgan fingerprint density at radius 3 is 2.48 bits per heavy atom. The number of benzene rings is 2. The molecular formula is C16H14FNO3. The van der Waals surface area contributed by atoms with E-state index in [0.29, 0.717) is 5.56 Å². The summed E-state index contributed by atoms with van der Waals surface area (Å²) in [6.45, 7) is 1.30. The summed E-state index contributed by atoms with van der Waals surface area (Å²) in [7, 11) is 0. The Balaban J connectivity index is 1.91. The summed E-state index contributed by atoms with van der Waals surface area (Å²) in [4.78, 5) is 23.4. The molecule has 0 aliphatic rings. The van der Waals surface area contributed by atoms with Gasteiger partial charge in [0.1, 0.15) is 5.82 Å². The van der Waals surface area contributed by atoms with Crippen LogP contribution < -0.4 is 5.32 Å².